The van der Waals surface area contributed by atoms with Gasteiger partial charge in [0.15, 0.2) is 5.69 Å². The van der Waals surface area contributed by atoms with Crippen molar-refractivity contribution in [1.82, 2.24) is 4.98 Å². The summed E-state index contributed by atoms with van der Waals surface area (Å²) in [5.74, 6) is -1.03. The topological polar surface area (TPSA) is 105 Å². The molecule has 0 amide bonds. The first-order chi connectivity index (χ1) is 12.4. The first-order valence-electron chi connectivity index (χ1n) is 8.35. The van der Waals surface area contributed by atoms with Crippen molar-refractivity contribution < 1.29 is 19.2 Å². The molecule has 7 nitrogen and oxygen atoms in total. The monoisotopic (exact) mass is 359 g/mol. The number of rotatable bonds is 5. The number of carboxylic acid groups (broad SMARTS) is 1. The zero-order valence-electron chi connectivity index (χ0n) is 13.9. The smallest absolute Gasteiger partial charge is 0.306 e. The molecule has 1 aromatic carbocycles. The van der Waals surface area contributed by atoms with E-state index in [0.29, 0.717) is 37.1 Å². The molecule has 8 heteroatoms. The number of nitro groups is 1. The molecular weight excluding hydrogens is 341 g/mol. The zero-order valence-corrected chi connectivity index (χ0v) is 13.9. The number of hydrogen-bond acceptors (Lipinski definition) is 5. The van der Waals surface area contributed by atoms with Gasteiger partial charge in [0.05, 0.1) is 10.8 Å². The van der Waals surface area contributed by atoms with Crippen LogP contribution in [-0.4, -0.2) is 27.0 Å². The lowest BCUT2D eigenvalue weighted by atomic mass is 9.86. The quantitative estimate of drug-likeness (QED) is 0.620. The highest BCUT2D eigenvalue weighted by molar-refractivity contribution is 5.71. The van der Waals surface area contributed by atoms with Crippen LogP contribution in [-0.2, 0) is 4.79 Å². The fourth-order valence-corrected chi connectivity index (χ4v) is 3.19. The summed E-state index contributed by atoms with van der Waals surface area (Å²) in [5, 5.41) is 23.6. The molecule has 1 saturated carbocycles. The van der Waals surface area contributed by atoms with Gasteiger partial charge in [-0.05, 0) is 56.0 Å². The van der Waals surface area contributed by atoms with Gasteiger partial charge in [0.1, 0.15) is 11.6 Å². The number of carboxylic acids is 1. The third kappa shape index (κ3) is 3.96. The third-order valence-electron chi connectivity index (χ3n) is 4.62. The van der Waals surface area contributed by atoms with Crippen molar-refractivity contribution in [3.63, 3.8) is 0 Å². The number of carbonyl (C=O) groups is 1. The molecule has 26 heavy (non-hydrogen) atoms. The van der Waals surface area contributed by atoms with Crippen LogP contribution >= 0.6 is 0 Å². The Kier molecular flexibility index (Phi) is 5.11. The summed E-state index contributed by atoms with van der Waals surface area (Å²) < 4.78 is 13.1. The van der Waals surface area contributed by atoms with Crippen molar-refractivity contribution in [2.75, 3.05) is 5.32 Å². The Morgan fingerprint density at radius 3 is 2.38 bits per heavy atom. The van der Waals surface area contributed by atoms with E-state index in [-0.39, 0.29) is 23.3 Å². The van der Waals surface area contributed by atoms with Gasteiger partial charge in [-0.2, -0.15) is 0 Å². The fraction of sp³-hybridized carbons (Fsp3) is 0.333. The van der Waals surface area contributed by atoms with Gasteiger partial charge in [-0.3, -0.25) is 14.9 Å². The van der Waals surface area contributed by atoms with E-state index in [2.05, 4.69) is 10.3 Å². The summed E-state index contributed by atoms with van der Waals surface area (Å²) in [6.07, 6.45) is 2.57. The predicted octanol–water partition coefficient (Wildman–Crippen LogP) is 3.85. The van der Waals surface area contributed by atoms with Crippen LogP contribution in [0, 0.1) is 21.8 Å². The Labute approximate surface area is 149 Å². The summed E-state index contributed by atoms with van der Waals surface area (Å²) in [4.78, 5) is 26.1. The van der Waals surface area contributed by atoms with Gasteiger partial charge >= 0.3 is 5.97 Å². The minimum absolute atomic E-state index is 0.0700. The number of hydrogen-bond donors (Lipinski definition) is 2. The van der Waals surface area contributed by atoms with E-state index in [1.54, 1.807) is 0 Å². The number of nitrogens with one attached hydrogen (secondary N) is 1. The molecule has 0 saturated heterocycles. The summed E-state index contributed by atoms with van der Waals surface area (Å²) in [6.45, 7) is 0. The molecule has 3 rings (SSSR count). The summed E-state index contributed by atoms with van der Waals surface area (Å²) in [7, 11) is 0. The average Bonchev–Trinajstić information content (AvgIpc) is 2.62. The molecule has 1 aliphatic carbocycles. The Hall–Kier alpha value is -3.03. The number of nitrogens with zero attached hydrogens (tertiary/aromatic N) is 2. The molecule has 1 aromatic heterocycles. The van der Waals surface area contributed by atoms with Crippen molar-refractivity contribution >= 4 is 17.5 Å². The first kappa shape index (κ1) is 17.8. The number of pyridine rings is 1. The van der Waals surface area contributed by atoms with Gasteiger partial charge in [-0.1, -0.05) is 0 Å². The van der Waals surface area contributed by atoms with Gasteiger partial charge in [-0.15, -0.1) is 0 Å². The molecule has 0 bridgehead atoms. The van der Waals surface area contributed by atoms with E-state index in [0.717, 1.165) is 0 Å². The molecule has 0 unspecified atom stereocenters. The Morgan fingerprint density at radius 2 is 1.81 bits per heavy atom. The van der Waals surface area contributed by atoms with Gasteiger partial charge < -0.3 is 10.4 Å². The highest BCUT2D eigenvalue weighted by atomic mass is 19.1. The van der Waals surface area contributed by atoms with Crippen LogP contribution in [0.3, 0.4) is 0 Å². The van der Waals surface area contributed by atoms with Crippen molar-refractivity contribution in [3.8, 4) is 11.3 Å². The number of aliphatic carboxylic acids is 1. The van der Waals surface area contributed by atoms with Crippen molar-refractivity contribution in [3.05, 3.63) is 52.3 Å². The largest absolute Gasteiger partial charge is 0.481 e. The minimum atomic E-state index is -0.768. The maximum absolute atomic E-state index is 13.1. The normalized spacial score (nSPS) is 19.7. The minimum Gasteiger partial charge on any atom is -0.481 e. The summed E-state index contributed by atoms with van der Waals surface area (Å²) in [5.41, 5.74) is 0.465. The van der Waals surface area contributed by atoms with E-state index in [4.69, 9.17) is 5.11 Å². The van der Waals surface area contributed by atoms with Crippen LogP contribution in [0.5, 0.6) is 0 Å². The molecule has 0 radical (unpaired) electrons. The molecule has 0 aliphatic heterocycles. The second-order valence-corrected chi connectivity index (χ2v) is 6.36. The number of aromatic nitrogens is 1. The lowest BCUT2D eigenvalue weighted by molar-refractivity contribution is -0.384. The standard InChI is InChI=1S/C18H18FN3O4/c19-13-5-1-11(2-6-13)17-15(22(25)26)9-10-16(21-17)20-14-7-3-12(4-8-14)18(23)24/h1-2,5-6,9-10,12,14H,3-4,7-8H2,(H,20,21)(H,23,24). The molecule has 1 fully saturated rings. The van der Waals surface area contributed by atoms with Crippen LogP contribution in [0.15, 0.2) is 36.4 Å². The Bertz CT molecular complexity index is 818. The number of halogens is 1. The number of benzene rings is 1. The van der Waals surface area contributed by atoms with Crippen molar-refractivity contribution in [2.24, 2.45) is 5.92 Å². The van der Waals surface area contributed by atoms with Gasteiger partial charge in [0.2, 0.25) is 0 Å². The second-order valence-electron chi connectivity index (χ2n) is 6.36. The molecule has 2 N–H and O–H groups in total. The third-order valence-corrected chi connectivity index (χ3v) is 4.62. The summed E-state index contributed by atoms with van der Waals surface area (Å²) in [6, 6.07) is 8.34. The lowest BCUT2D eigenvalue weighted by Crippen LogP contribution is -2.29. The SMILES string of the molecule is O=C(O)C1CCC(Nc2ccc([N+](=O)[O-])c(-c3ccc(F)cc3)n2)CC1. The van der Waals surface area contributed by atoms with Crippen LogP contribution in [0.4, 0.5) is 15.9 Å². The lowest BCUT2D eigenvalue weighted by Gasteiger charge is -2.27. The Balaban J connectivity index is 1.81. The van der Waals surface area contributed by atoms with Crippen LogP contribution in [0.25, 0.3) is 11.3 Å². The van der Waals surface area contributed by atoms with E-state index < -0.39 is 16.7 Å². The predicted molar refractivity (Wildman–Crippen MR) is 93.3 cm³/mol. The van der Waals surface area contributed by atoms with Crippen LogP contribution in [0.1, 0.15) is 25.7 Å². The van der Waals surface area contributed by atoms with Crippen molar-refractivity contribution in [2.45, 2.75) is 31.7 Å². The molecule has 0 atom stereocenters. The number of anilines is 1. The van der Waals surface area contributed by atoms with Crippen molar-refractivity contribution in [1.29, 1.82) is 0 Å². The van der Waals surface area contributed by atoms with E-state index in [1.165, 1.54) is 36.4 Å². The zero-order chi connectivity index (χ0) is 18.7. The first-order valence-corrected chi connectivity index (χ1v) is 8.35. The fourth-order valence-electron chi connectivity index (χ4n) is 3.19. The van der Waals surface area contributed by atoms with Gasteiger partial charge in [-0.25, -0.2) is 9.37 Å². The molecule has 1 aliphatic rings. The van der Waals surface area contributed by atoms with Crippen LogP contribution < -0.4 is 5.32 Å². The molecule has 1 heterocycles. The van der Waals surface area contributed by atoms with Crippen LogP contribution in [0.2, 0.25) is 0 Å². The highest BCUT2D eigenvalue weighted by Gasteiger charge is 2.26. The van der Waals surface area contributed by atoms with Gasteiger partial charge in [0.25, 0.3) is 5.69 Å². The highest BCUT2D eigenvalue weighted by Crippen LogP contribution is 2.31. The maximum Gasteiger partial charge on any atom is 0.306 e. The van der Waals surface area contributed by atoms with Gasteiger partial charge in [0, 0.05) is 17.7 Å². The molecule has 2 aromatic rings. The average molecular weight is 359 g/mol. The Morgan fingerprint density at radius 1 is 1.15 bits per heavy atom. The molecule has 136 valence electrons. The van der Waals surface area contributed by atoms with E-state index >= 15 is 0 Å². The van der Waals surface area contributed by atoms with E-state index in [1.807, 2.05) is 0 Å². The summed E-state index contributed by atoms with van der Waals surface area (Å²) >= 11 is 0. The van der Waals surface area contributed by atoms with E-state index in [9.17, 15) is 19.3 Å². The second kappa shape index (κ2) is 7.47. The maximum atomic E-state index is 13.1. The molecular formula is C18H18FN3O4. The molecule has 0 spiro atoms.